The Balaban J connectivity index is 1.71. The minimum atomic E-state index is -0.433. The Morgan fingerprint density at radius 3 is 2.55 bits per heavy atom. The van der Waals surface area contributed by atoms with Gasteiger partial charge in [-0.2, -0.15) is 0 Å². The van der Waals surface area contributed by atoms with Crippen LogP contribution in [0, 0.1) is 11.8 Å². The van der Waals surface area contributed by atoms with E-state index in [1.54, 1.807) is 36.5 Å². The summed E-state index contributed by atoms with van der Waals surface area (Å²) in [5.74, 6) is 0.386. The number of piperidine rings is 1. The number of likely N-dealkylation sites (tertiary alicyclic amines) is 1. The number of pyridine rings is 1. The van der Waals surface area contributed by atoms with E-state index < -0.39 is 11.8 Å². The predicted octanol–water partition coefficient (Wildman–Crippen LogP) is 2.58. The van der Waals surface area contributed by atoms with Gasteiger partial charge in [0.05, 0.1) is 30.5 Å². The van der Waals surface area contributed by atoms with Gasteiger partial charge in [0.25, 0.3) is 11.8 Å². The lowest BCUT2D eigenvalue weighted by atomic mass is 9.91. The molecule has 3 rings (SSSR count). The zero-order valence-electron chi connectivity index (χ0n) is 18.1. The monoisotopic (exact) mass is 424 g/mol. The van der Waals surface area contributed by atoms with Gasteiger partial charge in [0.15, 0.2) is 0 Å². The number of rotatable bonds is 6. The highest BCUT2D eigenvalue weighted by molar-refractivity contribution is 6.05. The Morgan fingerprint density at radius 2 is 1.90 bits per heavy atom. The maximum atomic E-state index is 13.3. The van der Waals surface area contributed by atoms with E-state index in [2.05, 4.69) is 29.5 Å². The third-order valence-electron chi connectivity index (χ3n) is 5.22. The van der Waals surface area contributed by atoms with Crippen LogP contribution in [-0.2, 0) is 4.79 Å². The molecule has 31 heavy (non-hydrogen) atoms. The molecule has 2 N–H and O–H groups in total. The molecule has 3 amide bonds. The number of hydrogen-bond acceptors (Lipinski definition) is 5. The molecule has 2 atom stereocenters. The third-order valence-corrected chi connectivity index (χ3v) is 5.22. The van der Waals surface area contributed by atoms with Crippen LogP contribution >= 0.6 is 0 Å². The zero-order chi connectivity index (χ0) is 22.4. The van der Waals surface area contributed by atoms with Gasteiger partial charge in [0.1, 0.15) is 5.75 Å². The number of nitrogens with zero attached hydrogens (tertiary/aromatic N) is 2. The van der Waals surface area contributed by atoms with Gasteiger partial charge in [-0.05, 0) is 48.6 Å². The number of ether oxygens (including phenoxy) is 1. The first-order valence-electron chi connectivity index (χ1n) is 10.3. The second kappa shape index (κ2) is 10.1. The first-order chi connectivity index (χ1) is 14.9. The minimum Gasteiger partial charge on any atom is -0.497 e. The molecule has 1 aromatic carbocycles. The van der Waals surface area contributed by atoms with Crippen LogP contribution in [0.4, 0.5) is 5.69 Å². The number of anilines is 1. The lowest BCUT2D eigenvalue weighted by Crippen LogP contribution is -2.43. The fourth-order valence-corrected chi connectivity index (χ4v) is 3.89. The van der Waals surface area contributed by atoms with Crippen molar-refractivity contribution in [2.45, 2.75) is 20.3 Å². The number of benzene rings is 1. The normalized spacial score (nSPS) is 18.2. The van der Waals surface area contributed by atoms with Gasteiger partial charge in [0, 0.05) is 25.5 Å². The van der Waals surface area contributed by atoms with Crippen molar-refractivity contribution in [1.82, 2.24) is 15.2 Å². The number of amides is 3. The molecule has 0 radical (unpaired) electrons. The van der Waals surface area contributed by atoms with Gasteiger partial charge >= 0.3 is 0 Å². The fourth-order valence-electron chi connectivity index (χ4n) is 3.89. The maximum absolute atomic E-state index is 13.3. The molecule has 1 saturated heterocycles. The highest BCUT2D eigenvalue weighted by Gasteiger charge is 2.28. The third kappa shape index (κ3) is 5.81. The molecule has 164 valence electrons. The van der Waals surface area contributed by atoms with Crippen LogP contribution < -0.4 is 15.4 Å². The molecule has 0 bridgehead atoms. The van der Waals surface area contributed by atoms with Crippen molar-refractivity contribution in [1.29, 1.82) is 0 Å². The van der Waals surface area contributed by atoms with E-state index in [1.807, 2.05) is 4.90 Å². The minimum absolute atomic E-state index is 0.146. The van der Waals surface area contributed by atoms with E-state index in [0.717, 1.165) is 6.42 Å². The van der Waals surface area contributed by atoms with Crippen molar-refractivity contribution in [2.75, 3.05) is 32.1 Å². The summed E-state index contributed by atoms with van der Waals surface area (Å²) in [4.78, 5) is 43.5. The quantitative estimate of drug-likeness (QED) is 0.742. The Labute approximate surface area is 182 Å². The molecule has 0 saturated carbocycles. The van der Waals surface area contributed by atoms with Crippen molar-refractivity contribution in [3.63, 3.8) is 0 Å². The number of nitrogens with one attached hydrogen (secondary N) is 2. The molecule has 1 aliphatic heterocycles. The molecule has 0 spiro atoms. The number of aromatic nitrogens is 1. The zero-order valence-corrected chi connectivity index (χ0v) is 18.1. The first-order valence-corrected chi connectivity index (χ1v) is 10.3. The molecule has 8 nitrogen and oxygen atoms in total. The smallest absolute Gasteiger partial charge is 0.256 e. The molecule has 2 heterocycles. The van der Waals surface area contributed by atoms with Crippen LogP contribution in [0.1, 0.15) is 41.0 Å². The topological polar surface area (TPSA) is 101 Å². The van der Waals surface area contributed by atoms with E-state index >= 15 is 0 Å². The highest BCUT2D eigenvalue weighted by atomic mass is 16.5. The van der Waals surface area contributed by atoms with E-state index in [4.69, 9.17) is 4.74 Å². The number of methoxy groups -OCH3 is 1. The molecule has 1 aliphatic rings. The Bertz CT molecular complexity index is 938. The fraction of sp³-hybridized carbons (Fsp3) is 0.391. The number of carbonyl (C=O) groups excluding carboxylic acids is 3. The summed E-state index contributed by atoms with van der Waals surface area (Å²) in [6.07, 6.45) is 4.08. The number of hydrogen-bond donors (Lipinski definition) is 2. The van der Waals surface area contributed by atoms with Gasteiger partial charge in [-0.15, -0.1) is 0 Å². The Morgan fingerprint density at radius 1 is 1.16 bits per heavy atom. The van der Waals surface area contributed by atoms with Crippen molar-refractivity contribution in [3.05, 3.63) is 53.9 Å². The van der Waals surface area contributed by atoms with Crippen LogP contribution in [0.2, 0.25) is 0 Å². The summed E-state index contributed by atoms with van der Waals surface area (Å²) in [5.41, 5.74) is 1.12. The van der Waals surface area contributed by atoms with E-state index in [9.17, 15) is 14.4 Å². The summed E-state index contributed by atoms with van der Waals surface area (Å²) in [6, 6.07) is 8.22. The van der Waals surface area contributed by atoms with Gasteiger partial charge in [-0.25, -0.2) is 0 Å². The van der Waals surface area contributed by atoms with Crippen molar-refractivity contribution in [3.8, 4) is 5.75 Å². The summed E-state index contributed by atoms with van der Waals surface area (Å²) in [5, 5.41) is 5.29. The molecule has 0 aliphatic carbocycles. The van der Waals surface area contributed by atoms with Gasteiger partial charge in [-0.1, -0.05) is 13.8 Å². The van der Waals surface area contributed by atoms with Gasteiger partial charge in [0.2, 0.25) is 5.91 Å². The van der Waals surface area contributed by atoms with Crippen LogP contribution in [-0.4, -0.2) is 54.3 Å². The molecule has 1 fully saturated rings. The van der Waals surface area contributed by atoms with E-state index in [1.165, 1.54) is 13.3 Å². The number of carbonyl (C=O) groups is 3. The summed E-state index contributed by atoms with van der Waals surface area (Å²) in [6.45, 7) is 5.39. The summed E-state index contributed by atoms with van der Waals surface area (Å²) >= 11 is 0. The van der Waals surface area contributed by atoms with E-state index in [-0.39, 0.29) is 12.5 Å². The molecular weight excluding hydrogens is 396 g/mol. The Kier molecular flexibility index (Phi) is 7.23. The maximum Gasteiger partial charge on any atom is 0.256 e. The lowest BCUT2D eigenvalue weighted by Gasteiger charge is -2.35. The second-order valence-electron chi connectivity index (χ2n) is 8.04. The van der Waals surface area contributed by atoms with Crippen LogP contribution in [0.5, 0.6) is 5.75 Å². The SMILES string of the molecule is COc1ccc(NC(=O)CNC(=O)c2cccnc2)c(C(=O)N2C[C@H](C)C[C@H](C)C2)c1. The Hall–Kier alpha value is -3.42. The van der Waals surface area contributed by atoms with Gasteiger partial charge in [-0.3, -0.25) is 19.4 Å². The largest absolute Gasteiger partial charge is 0.497 e. The van der Waals surface area contributed by atoms with Crippen LogP contribution in [0.25, 0.3) is 0 Å². The van der Waals surface area contributed by atoms with Gasteiger partial charge < -0.3 is 20.3 Å². The standard InChI is InChI=1S/C23H28N4O4/c1-15-9-16(2)14-27(13-15)23(30)19-10-18(31-3)6-7-20(19)26-21(28)12-25-22(29)17-5-4-8-24-11-17/h4-8,10-11,15-16H,9,12-14H2,1-3H3,(H,25,29)(H,26,28)/t15-,16+. The van der Waals surface area contributed by atoms with Crippen molar-refractivity contribution < 1.29 is 19.1 Å². The van der Waals surface area contributed by atoms with Crippen LogP contribution in [0.15, 0.2) is 42.7 Å². The molecule has 8 heteroatoms. The average molecular weight is 425 g/mol. The van der Waals surface area contributed by atoms with E-state index in [0.29, 0.717) is 47.5 Å². The predicted molar refractivity (Wildman–Crippen MR) is 117 cm³/mol. The van der Waals surface area contributed by atoms with Crippen molar-refractivity contribution in [2.24, 2.45) is 11.8 Å². The average Bonchev–Trinajstić information content (AvgIpc) is 2.77. The molecular formula is C23H28N4O4. The first kappa shape index (κ1) is 22.3. The lowest BCUT2D eigenvalue weighted by molar-refractivity contribution is -0.115. The molecule has 2 aromatic rings. The van der Waals surface area contributed by atoms with Crippen LogP contribution in [0.3, 0.4) is 0 Å². The molecule has 0 unspecified atom stereocenters. The highest BCUT2D eigenvalue weighted by Crippen LogP contribution is 2.27. The molecule has 1 aromatic heterocycles. The second-order valence-corrected chi connectivity index (χ2v) is 8.04. The van der Waals surface area contributed by atoms with Crippen molar-refractivity contribution >= 4 is 23.4 Å². The summed E-state index contributed by atoms with van der Waals surface area (Å²) < 4.78 is 5.28. The summed E-state index contributed by atoms with van der Waals surface area (Å²) in [7, 11) is 1.53.